The Balaban J connectivity index is 1.59. The summed E-state index contributed by atoms with van der Waals surface area (Å²) in [5.41, 5.74) is 1.65. The van der Waals surface area contributed by atoms with E-state index in [2.05, 4.69) is 16.0 Å². The quantitative estimate of drug-likeness (QED) is 0.579. The number of carbonyl (C=O) groups excluding carboxylic acids is 3. The van der Waals surface area contributed by atoms with Crippen molar-refractivity contribution in [2.45, 2.75) is 6.92 Å². The molecule has 6 nitrogen and oxygen atoms in total. The molecule has 0 radical (unpaired) electrons. The van der Waals surface area contributed by atoms with Crippen LogP contribution in [0.3, 0.4) is 0 Å². The Morgan fingerprint density at radius 2 is 1.36 bits per heavy atom. The van der Waals surface area contributed by atoms with Crippen LogP contribution in [-0.2, 0) is 4.79 Å². The Bertz CT molecular complexity index is 1010. The summed E-state index contributed by atoms with van der Waals surface area (Å²) in [5.74, 6) is -0.586. The van der Waals surface area contributed by atoms with Gasteiger partial charge in [0.2, 0.25) is 5.91 Å². The van der Waals surface area contributed by atoms with Gasteiger partial charge >= 0.3 is 0 Å². The number of hydrogen-bond donors (Lipinski definition) is 3. The molecule has 0 aliphatic heterocycles. The van der Waals surface area contributed by atoms with Crippen LogP contribution >= 0.6 is 0 Å². The topological polar surface area (TPSA) is 87.3 Å². The highest BCUT2D eigenvalue weighted by Gasteiger charge is 2.09. The lowest BCUT2D eigenvalue weighted by molar-refractivity contribution is -0.118. The lowest BCUT2D eigenvalue weighted by Gasteiger charge is -2.08. The third kappa shape index (κ3) is 4.94. The second-order valence-corrected chi connectivity index (χ2v) is 6.33. The minimum Gasteiger partial charge on any atom is -0.355 e. The van der Waals surface area contributed by atoms with Crippen molar-refractivity contribution in [1.29, 1.82) is 0 Å². The molecular formula is C22H21N3O3. The van der Waals surface area contributed by atoms with Crippen LogP contribution in [0.2, 0.25) is 0 Å². The highest BCUT2D eigenvalue weighted by Crippen LogP contribution is 2.17. The molecular weight excluding hydrogens is 354 g/mol. The van der Waals surface area contributed by atoms with Gasteiger partial charge < -0.3 is 16.0 Å². The third-order valence-electron chi connectivity index (χ3n) is 4.20. The number of hydrogen-bond acceptors (Lipinski definition) is 3. The number of benzene rings is 3. The Kier molecular flexibility index (Phi) is 6.01. The van der Waals surface area contributed by atoms with Crippen molar-refractivity contribution in [3.8, 4) is 0 Å². The largest absolute Gasteiger partial charge is 0.355 e. The summed E-state index contributed by atoms with van der Waals surface area (Å²) in [6.45, 7) is 2.15. The molecule has 0 atom stereocenters. The van der Waals surface area contributed by atoms with Gasteiger partial charge in [-0.1, -0.05) is 30.3 Å². The average Bonchev–Trinajstić information content (AvgIpc) is 2.71. The Morgan fingerprint density at radius 3 is 2.07 bits per heavy atom. The molecule has 3 amide bonds. The molecule has 0 unspecified atom stereocenters. The minimum absolute atomic E-state index is 0.138. The van der Waals surface area contributed by atoms with Crippen LogP contribution in [-0.4, -0.2) is 30.8 Å². The van der Waals surface area contributed by atoms with Gasteiger partial charge in [0.25, 0.3) is 11.8 Å². The summed E-state index contributed by atoms with van der Waals surface area (Å²) in [4.78, 5) is 35.3. The highest BCUT2D eigenvalue weighted by atomic mass is 16.2. The van der Waals surface area contributed by atoms with E-state index >= 15 is 0 Å². The van der Waals surface area contributed by atoms with Gasteiger partial charge in [-0.3, -0.25) is 14.4 Å². The first-order valence-electron chi connectivity index (χ1n) is 8.96. The van der Waals surface area contributed by atoms with Crippen molar-refractivity contribution < 1.29 is 14.4 Å². The van der Waals surface area contributed by atoms with Crippen LogP contribution in [0, 0.1) is 0 Å². The van der Waals surface area contributed by atoms with Crippen LogP contribution in [0.4, 0.5) is 5.69 Å². The van der Waals surface area contributed by atoms with Crippen LogP contribution in [0.25, 0.3) is 10.8 Å². The van der Waals surface area contributed by atoms with Gasteiger partial charge in [0.05, 0.1) is 0 Å². The number of amides is 3. The van der Waals surface area contributed by atoms with E-state index in [1.807, 2.05) is 36.4 Å². The second-order valence-electron chi connectivity index (χ2n) is 6.33. The molecule has 0 saturated carbocycles. The van der Waals surface area contributed by atoms with Gasteiger partial charge in [-0.25, -0.2) is 0 Å². The zero-order valence-electron chi connectivity index (χ0n) is 15.5. The summed E-state index contributed by atoms with van der Waals surface area (Å²) < 4.78 is 0. The molecule has 0 heterocycles. The van der Waals surface area contributed by atoms with Crippen molar-refractivity contribution in [2.75, 3.05) is 18.4 Å². The molecule has 28 heavy (non-hydrogen) atoms. The number of anilines is 1. The van der Waals surface area contributed by atoms with Crippen molar-refractivity contribution in [3.63, 3.8) is 0 Å². The third-order valence-corrected chi connectivity index (χ3v) is 4.20. The fourth-order valence-corrected chi connectivity index (χ4v) is 2.76. The molecule has 0 saturated heterocycles. The summed E-state index contributed by atoms with van der Waals surface area (Å²) in [6, 6.07) is 20.1. The number of carbonyl (C=O) groups is 3. The van der Waals surface area contributed by atoms with Gasteiger partial charge in [0, 0.05) is 36.8 Å². The zero-order chi connectivity index (χ0) is 19.9. The molecule has 3 aromatic carbocycles. The standard InChI is InChI=1S/C22H21N3O3/c1-15(26)23-12-13-24-21(27)17-8-10-20(11-9-17)25-22(28)19-7-6-16-4-2-3-5-18(16)14-19/h2-11,14H,12-13H2,1H3,(H,23,26)(H,24,27)(H,25,28). The van der Waals surface area contributed by atoms with E-state index in [1.165, 1.54) is 6.92 Å². The Hall–Kier alpha value is -3.67. The lowest BCUT2D eigenvalue weighted by atomic mass is 10.1. The van der Waals surface area contributed by atoms with Crippen molar-refractivity contribution in [1.82, 2.24) is 10.6 Å². The number of fused-ring (bicyclic) bond motifs is 1. The first kappa shape index (κ1) is 19.1. The predicted octanol–water partition coefficient (Wildman–Crippen LogP) is 2.96. The van der Waals surface area contributed by atoms with E-state index in [-0.39, 0.29) is 17.7 Å². The van der Waals surface area contributed by atoms with Crippen LogP contribution in [0.5, 0.6) is 0 Å². The van der Waals surface area contributed by atoms with Gasteiger partial charge in [-0.15, -0.1) is 0 Å². The van der Waals surface area contributed by atoms with E-state index in [9.17, 15) is 14.4 Å². The Morgan fingerprint density at radius 1 is 0.714 bits per heavy atom. The smallest absolute Gasteiger partial charge is 0.255 e. The van der Waals surface area contributed by atoms with Crippen molar-refractivity contribution in [2.24, 2.45) is 0 Å². The molecule has 0 spiro atoms. The van der Waals surface area contributed by atoms with Crippen LogP contribution in [0.1, 0.15) is 27.6 Å². The zero-order valence-corrected chi connectivity index (χ0v) is 15.5. The van der Waals surface area contributed by atoms with Crippen LogP contribution < -0.4 is 16.0 Å². The van der Waals surface area contributed by atoms with E-state index in [4.69, 9.17) is 0 Å². The molecule has 0 aliphatic rings. The van der Waals surface area contributed by atoms with Gasteiger partial charge in [-0.05, 0) is 47.2 Å². The maximum Gasteiger partial charge on any atom is 0.255 e. The first-order chi connectivity index (χ1) is 13.5. The molecule has 142 valence electrons. The van der Waals surface area contributed by atoms with E-state index < -0.39 is 0 Å². The highest BCUT2D eigenvalue weighted by molar-refractivity contribution is 6.06. The number of rotatable bonds is 6. The number of nitrogens with one attached hydrogen (secondary N) is 3. The molecule has 6 heteroatoms. The maximum absolute atomic E-state index is 12.5. The normalized spacial score (nSPS) is 10.3. The molecule has 3 aromatic rings. The fraction of sp³-hybridized carbons (Fsp3) is 0.136. The molecule has 3 N–H and O–H groups in total. The Labute approximate surface area is 162 Å². The van der Waals surface area contributed by atoms with Crippen molar-refractivity contribution in [3.05, 3.63) is 77.9 Å². The van der Waals surface area contributed by atoms with E-state index in [1.54, 1.807) is 30.3 Å². The van der Waals surface area contributed by atoms with E-state index in [0.717, 1.165) is 10.8 Å². The van der Waals surface area contributed by atoms with Crippen molar-refractivity contribution >= 4 is 34.2 Å². The van der Waals surface area contributed by atoms with E-state index in [0.29, 0.717) is 29.9 Å². The molecule has 0 fully saturated rings. The molecule has 0 aromatic heterocycles. The molecule has 3 rings (SSSR count). The maximum atomic E-state index is 12.5. The van der Waals surface area contributed by atoms with Gasteiger partial charge in [-0.2, -0.15) is 0 Å². The summed E-state index contributed by atoms with van der Waals surface area (Å²) in [6.07, 6.45) is 0. The van der Waals surface area contributed by atoms with Gasteiger partial charge in [0.1, 0.15) is 0 Å². The lowest BCUT2D eigenvalue weighted by Crippen LogP contribution is -2.33. The fourth-order valence-electron chi connectivity index (χ4n) is 2.76. The van der Waals surface area contributed by atoms with Crippen LogP contribution in [0.15, 0.2) is 66.7 Å². The molecule has 0 aliphatic carbocycles. The average molecular weight is 375 g/mol. The second kappa shape index (κ2) is 8.81. The summed E-state index contributed by atoms with van der Waals surface area (Å²) in [5, 5.41) is 10.2. The van der Waals surface area contributed by atoms with Gasteiger partial charge in [0.15, 0.2) is 0 Å². The first-order valence-corrected chi connectivity index (χ1v) is 8.96. The molecule has 0 bridgehead atoms. The minimum atomic E-state index is -0.238. The summed E-state index contributed by atoms with van der Waals surface area (Å²) >= 11 is 0. The summed E-state index contributed by atoms with van der Waals surface area (Å²) in [7, 11) is 0. The monoisotopic (exact) mass is 375 g/mol. The predicted molar refractivity (Wildman–Crippen MR) is 109 cm³/mol. The SMILES string of the molecule is CC(=O)NCCNC(=O)c1ccc(NC(=O)c2ccc3ccccc3c2)cc1.